The molecular formula is C14H25NO3S. The van der Waals surface area contributed by atoms with Gasteiger partial charge in [0.15, 0.2) is 0 Å². The summed E-state index contributed by atoms with van der Waals surface area (Å²) in [6.07, 6.45) is 6.56. The predicted molar refractivity (Wildman–Crippen MR) is 74.9 cm³/mol. The minimum atomic E-state index is -3.42. The van der Waals surface area contributed by atoms with Crippen LogP contribution in [0.1, 0.15) is 46.0 Å². The van der Waals surface area contributed by atoms with Gasteiger partial charge in [0.2, 0.25) is 15.9 Å². The van der Waals surface area contributed by atoms with E-state index in [4.69, 9.17) is 0 Å². The smallest absolute Gasteiger partial charge is 0.236 e. The molecular weight excluding hydrogens is 262 g/mol. The maximum Gasteiger partial charge on any atom is 0.236 e. The maximum absolute atomic E-state index is 12.0. The molecule has 2 bridgehead atoms. The van der Waals surface area contributed by atoms with Gasteiger partial charge in [-0.25, -0.2) is 8.42 Å². The summed E-state index contributed by atoms with van der Waals surface area (Å²) >= 11 is 0. The Hall–Kier alpha value is -0.580. The summed E-state index contributed by atoms with van der Waals surface area (Å²) in [6.45, 7) is 4.49. The van der Waals surface area contributed by atoms with Gasteiger partial charge in [-0.05, 0) is 55.8 Å². The van der Waals surface area contributed by atoms with Crippen LogP contribution in [0.2, 0.25) is 0 Å². The lowest BCUT2D eigenvalue weighted by atomic mass is 9.58. The average Bonchev–Trinajstić information content (AvgIpc) is 2.26. The number of carbonyl (C=O) groups is 1. The summed E-state index contributed by atoms with van der Waals surface area (Å²) in [6, 6.07) is 0. The molecule has 3 saturated carbocycles. The monoisotopic (exact) mass is 287 g/mol. The van der Waals surface area contributed by atoms with Crippen molar-refractivity contribution in [3.05, 3.63) is 0 Å². The van der Waals surface area contributed by atoms with Gasteiger partial charge in [0.05, 0.1) is 6.26 Å². The summed E-state index contributed by atoms with van der Waals surface area (Å²) in [4.78, 5) is 12.0. The predicted octanol–water partition coefficient (Wildman–Crippen LogP) is 2.16. The van der Waals surface area contributed by atoms with Gasteiger partial charge in [0.1, 0.15) is 0 Å². The molecule has 1 amide bonds. The fourth-order valence-electron chi connectivity index (χ4n) is 4.03. The summed E-state index contributed by atoms with van der Waals surface area (Å²) in [5, 5.41) is 0. The van der Waals surface area contributed by atoms with E-state index in [2.05, 4.69) is 18.6 Å². The van der Waals surface area contributed by atoms with E-state index < -0.39 is 10.0 Å². The molecule has 0 aromatic carbocycles. The van der Waals surface area contributed by atoms with Crippen LogP contribution >= 0.6 is 0 Å². The number of nitrogens with one attached hydrogen (secondary N) is 1. The maximum atomic E-state index is 12.0. The van der Waals surface area contributed by atoms with Crippen LogP contribution in [0, 0.1) is 29.6 Å². The molecule has 4 nitrogen and oxygen atoms in total. The second-order valence-electron chi connectivity index (χ2n) is 6.80. The molecule has 4 unspecified atom stereocenters. The Kier molecular flexibility index (Phi) is 4.23. The van der Waals surface area contributed by atoms with E-state index >= 15 is 0 Å². The van der Waals surface area contributed by atoms with Gasteiger partial charge in [-0.15, -0.1) is 0 Å². The third kappa shape index (κ3) is 3.71. The van der Waals surface area contributed by atoms with Gasteiger partial charge in [-0.1, -0.05) is 13.8 Å². The Labute approximate surface area is 116 Å². The third-order valence-electron chi connectivity index (χ3n) is 4.70. The third-order valence-corrected chi connectivity index (χ3v) is 5.28. The fraction of sp³-hybridized carbons (Fsp3) is 0.929. The molecule has 0 aromatic rings. The van der Waals surface area contributed by atoms with Crippen LogP contribution in [0.5, 0.6) is 0 Å². The molecule has 0 aliphatic heterocycles. The van der Waals surface area contributed by atoms with E-state index in [9.17, 15) is 13.2 Å². The largest absolute Gasteiger partial charge is 0.274 e. The number of hydrogen-bond donors (Lipinski definition) is 1. The highest BCUT2D eigenvalue weighted by atomic mass is 32.2. The van der Waals surface area contributed by atoms with Crippen LogP contribution < -0.4 is 4.72 Å². The molecule has 3 aliphatic rings. The highest BCUT2D eigenvalue weighted by Crippen LogP contribution is 2.50. The lowest BCUT2D eigenvalue weighted by Crippen LogP contribution is -2.46. The fourth-order valence-corrected chi connectivity index (χ4v) is 4.55. The van der Waals surface area contributed by atoms with Crippen LogP contribution in [-0.2, 0) is 14.8 Å². The number of amides is 1. The molecule has 110 valence electrons. The van der Waals surface area contributed by atoms with Crippen LogP contribution in [0.4, 0.5) is 0 Å². The minimum Gasteiger partial charge on any atom is -0.274 e. The summed E-state index contributed by atoms with van der Waals surface area (Å²) in [5.41, 5.74) is 0. The number of sulfonamides is 1. The molecule has 3 aliphatic carbocycles. The summed E-state index contributed by atoms with van der Waals surface area (Å²) in [5.74, 6) is 2.07. The number of fused-ring (bicyclic) bond motifs is 3. The first-order valence-electron chi connectivity index (χ1n) is 7.28. The Bertz CT molecular complexity index is 444. The summed E-state index contributed by atoms with van der Waals surface area (Å²) in [7, 11) is -3.42. The first-order valence-corrected chi connectivity index (χ1v) is 9.17. The van der Waals surface area contributed by atoms with Crippen molar-refractivity contribution < 1.29 is 13.2 Å². The van der Waals surface area contributed by atoms with Gasteiger partial charge in [0, 0.05) is 5.92 Å². The molecule has 3 rings (SSSR count). The van der Waals surface area contributed by atoms with Crippen LogP contribution in [0.25, 0.3) is 0 Å². The number of rotatable bonds is 4. The van der Waals surface area contributed by atoms with Gasteiger partial charge in [-0.2, -0.15) is 0 Å². The van der Waals surface area contributed by atoms with Gasteiger partial charge in [-0.3, -0.25) is 9.52 Å². The van der Waals surface area contributed by atoms with Gasteiger partial charge < -0.3 is 0 Å². The minimum absolute atomic E-state index is 0.0862. The Morgan fingerprint density at radius 2 is 1.84 bits per heavy atom. The SMILES string of the molecule is CC(C)CC1CC2CCC1CC2C(=O)NS(C)(=O)=O. The molecule has 0 radical (unpaired) electrons. The molecule has 19 heavy (non-hydrogen) atoms. The molecule has 0 saturated heterocycles. The molecule has 5 heteroatoms. The second-order valence-corrected chi connectivity index (χ2v) is 8.55. The van der Waals surface area contributed by atoms with Gasteiger partial charge >= 0.3 is 0 Å². The number of hydrogen-bond acceptors (Lipinski definition) is 3. The Morgan fingerprint density at radius 1 is 1.21 bits per heavy atom. The van der Waals surface area contributed by atoms with E-state index in [0.29, 0.717) is 17.8 Å². The lowest BCUT2D eigenvalue weighted by Gasteiger charge is -2.47. The zero-order chi connectivity index (χ0) is 14.2. The first-order chi connectivity index (χ1) is 8.76. The molecule has 0 heterocycles. The highest BCUT2D eigenvalue weighted by molar-refractivity contribution is 7.89. The number of carbonyl (C=O) groups excluding carboxylic acids is 1. The van der Waals surface area contributed by atoms with Gasteiger partial charge in [0.25, 0.3) is 0 Å². The van der Waals surface area contributed by atoms with E-state index in [1.807, 2.05) is 0 Å². The molecule has 0 spiro atoms. The van der Waals surface area contributed by atoms with Crippen molar-refractivity contribution in [1.82, 2.24) is 4.72 Å². The van der Waals surface area contributed by atoms with Crippen molar-refractivity contribution in [3.8, 4) is 0 Å². The van der Waals surface area contributed by atoms with Crippen molar-refractivity contribution in [2.75, 3.05) is 6.26 Å². The zero-order valence-electron chi connectivity index (χ0n) is 12.1. The second kappa shape index (κ2) is 5.43. The van der Waals surface area contributed by atoms with Crippen LogP contribution in [0.3, 0.4) is 0 Å². The van der Waals surface area contributed by atoms with Crippen molar-refractivity contribution in [3.63, 3.8) is 0 Å². The highest BCUT2D eigenvalue weighted by Gasteiger charge is 2.44. The van der Waals surface area contributed by atoms with Crippen LogP contribution in [-0.4, -0.2) is 20.6 Å². The molecule has 1 N–H and O–H groups in total. The van der Waals surface area contributed by atoms with Crippen molar-refractivity contribution >= 4 is 15.9 Å². The van der Waals surface area contributed by atoms with E-state index in [1.165, 1.54) is 12.8 Å². The quantitative estimate of drug-likeness (QED) is 0.862. The van der Waals surface area contributed by atoms with E-state index in [1.54, 1.807) is 0 Å². The zero-order valence-corrected chi connectivity index (χ0v) is 12.9. The Morgan fingerprint density at radius 3 is 2.32 bits per heavy atom. The van der Waals surface area contributed by atoms with Crippen LogP contribution in [0.15, 0.2) is 0 Å². The lowest BCUT2D eigenvalue weighted by molar-refractivity contribution is -0.129. The topological polar surface area (TPSA) is 63.2 Å². The normalized spacial score (nSPS) is 34.5. The van der Waals surface area contributed by atoms with Crippen molar-refractivity contribution in [2.45, 2.75) is 46.0 Å². The first kappa shape index (κ1) is 14.8. The van der Waals surface area contributed by atoms with Crippen molar-refractivity contribution in [2.24, 2.45) is 29.6 Å². The Balaban J connectivity index is 2.00. The summed E-state index contributed by atoms with van der Waals surface area (Å²) < 4.78 is 24.5. The molecule has 4 atom stereocenters. The standard InChI is InChI=1S/C14H25NO3S/c1-9(2)6-12-7-11-5-4-10(12)8-13(11)14(16)15-19(3,17)18/h9-13H,4-8H2,1-3H3,(H,15,16). The molecule has 3 fully saturated rings. The molecule has 0 aromatic heterocycles. The van der Waals surface area contributed by atoms with Crippen molar-refractivity contribution in [1.29, 1.82) is 0 Å². The van der Waals surface area contributed by atoms with E-state index in [0.717, 1.165) is 31.4 Å². The average molecular weight is 287 g/mol. The van der Waals surface area contributed by atoms with E-state index in [-0.39, 0.29) is 11.8 Å².